The van der Waals surface area contributed by atoms with Crippen LogP contribution in [0.1, 0.15) is 36.9 Å². The van der Waals surface area contributed by atoms with Crippen molar-refractivity contribution in [2.75, 3.05) is 11.9 Å². The summed E-state index contributed by atoms with van der Waals surface area (Å²) in [5.41, 5.74) is 2.99. The highest BCUT2D eigenvalue weighted by Crippen LogP contribution is 2.27. The average molecular weight is 469 g/mol. The first-order valence-electron chi connectivity index (χ1n) is 11.3. The maximum atomic E-state index is 12.3. The number of alkyl halides is 2. The summed E-state index contributed by atoms with van der Waals surface area (Å²) < 4.78 is 38.8. The molecule has 0 saturated carbocycles. The molecule has 8 nitrogen and oxygen atoms in total. The van der Waals surface area contributed by atoms with E-state index < -0.39 is 6.61 Å². The maximum absolute atomic E-state index is 12.3. The number of hydrogen-bond donors (Lipinski definition) is 1. The highest BCUT2D eigenvalue weighted by atomic mass is 19.3. The lowest BCUT2D eigenvalue weighted by atomic mass is 10.1. The second-order valence-corrected chi connectivity index (χ2v) is 8.33. The van der Waals surface area contributed by atoms with E-state index >= 15 is 0 Å². The number of fused-ring (bicyclic) bond motifs is 1. The Balaban J connectivity index is 1.22. The van der Waals surface area contributed by atoms with Gasteiger partial charge in [0, 0.05) is 31.1 Å². The van der Waals surface area contributed by atoms with E-state index in [4.69, 9.17) is 4.74 Å². The van der Waals surface area contributed by atoms with Gasteiger partial charge in [0.1, 0.15) is 11.6 Å². The number of hydrogen-bond acceptors (Lipinski definition) is 6. The second kappa shape index (κ2) is 9.76. The van der Waals surface area contributed by atoms with E-state index in [1.54, 1.807) is 12.1 Å². The summed E-state index contributed by atoms with van der Waals surface area (Å²) >= 11 is 0. The van der Waals surface area contributed by atoms with Crippen LogP contribution in [0.25, 0.3) is 10.9 Å². The molecule has 3 heterocycles. The number of nitrogens with one attached hydrogen (secondary N) is 1. The normalized spacial score (nSPS) is 16.3. The van der Waals surface area contributed by atoms with E-state index in [9.17, 15) is 8.78 Å². The number of halogens is 2. The van der Waals surface area contributed by atoms with Gasteiger partial charge in [0.25, 0.3) is 0 Å². The third kappa shape index (κ3) is 4.86. The molecule has 34 heavy (non-hydrogen) atoms. The molecule has 1 aliphatic rings. The molecule has 0 spiro atoms. The highest BCUT2D eigenvalue weighted by molar-refractivity contribution is 5.79. The number of aryl methyl sites for hydroxylation is 2. The lowest BCUT2D eigenvalue weighted by Crippen LogP contribution is -2.18. The van der Waals surface area contributed by atoms with Crippen LogP contribution < -0.4 is 10.1 Å². The van der Waals surface area contributed by atoms with E-state index in [1.807, 2.05) is 22.5 Å². The molecule has 1 fully saturated rings. The van der Waals surface area contributed by atoms with Gasteiger partial charge in [-0.25, -0.2) is 4.68 Å². The topological polar surface area (TPSA) is 79.0 Å². The van der Waals surface area contributed by atoms with Gasteiger partial charge in [-0.1, -0.05) is 6.07 Å². The summed E-state index contributed by atoms with van der Waals surface area (Å²) in [5, 5.41) is 17.4. The molecule has 5 rings (SSSR count). The molecule has 0 bridgehead atoms. The predicted octanol–water partition coefficient (Wildman–Crippen LogP) is 4.99. The number of anilines is 2. The summed E-state index contributed by atoms with van der Waals surface area (Å²) in [7, 11) is 1.89. The third-order valence-electron chi connectivity index (χ3n) is 6.03. The molecule has 0 radical (unpaired) electrons. The smallest absolute Gasteiger partial charge is 0.387 e. The first-order valence-corrected chi connectivity index (χ1v) is 11.3. The van der Waals surface area contributed by atoms with Gasteiger partial charge in [-0.05, 0) is 67.6 Å². The van der Waals surface area contributed by atoms with Gasteiger partial charge in [-0.3, -0.25) is 0 Å². The Hall–Kier alpha value is -3.53. The van der Waals surface area contributed by atoms with Crippen LogP contribution in [0.15, 0.2) is 48.7 Å². The highest BCUT2D eigenvalue weighted by Gasteiger charge is 2.18. The molecule has 2 aromatic carbocycles. The molecule has 1 saturated heterocycles. The molecule has 0 aliphatic carbocycles. The number of rotatable bonds is 8. The summed E-state index contributed by atoms with van der Waals surface area (Å²) in [6.45, 7) is -2.06. The van der Waals surface area contributed by atoms with Gasteiger partial charge in [-0.2, -0.15) is 13.9 Å². The Morgan fingerprint density at radius 1 is 1.12 bits per heavy atom. The van der Waals surface area contributed by atoms with Gasteiger partial charge in [0.15, 0.2) is 6.23 Å². The van der Waals surface area contributed by atoms with Crippen molar-refractivity contribution in [3.8, 4) is 5.75 Å². The van der Waals surface area contributed by atoms with E-state index in [0.29, 0.717) is 11.6 Å². The number of nitrogens with zero attached hydrogens (tertiary/aromatic N) is 5. The molecular formula is C24H26F2N6O2. The molecule has 1 aliphatic heterocycles. The van der Waals surface area contributed by atoms with Crippen LogP contribution in [0, 0.1) is 0 Å². The number of ether oxygens (including phenoxy) is 2. The second-order valence-electron chi connectivity index (χ2n) is 8.33. The Labute approximate surface area is 195 Å². The molecular weight excluding hydrogens is 442 g/mol. The standard InChI is InChI=1S/C24H26F2N6O2/c1-31-21(29-30-24(31)28-18-7-9-19(10-8-18)34-23(25)26)12-6-16-5-11-20-17(14-16)15-27-32(20)22-4-2-3-13-33-22/h5,7-11,14-15,22-23H,2-4,6,12-13H2,1H3,(H,28,30). The van der Waals surface area contributed by atoms with Crippen LogP contribution in [0.2, 0.25) is 0 Å². The lowest BCUT2D eigenvalue weighted by molar-refractivity contribution is -0.0498. The number of benzene rings is 2. The Kier molecular flexibility index (Phi) is 6.39. The van der Waals surface area contributed by atoms with Gasteiger partial charge in [-0.15, -0.1) is 10.2 Å². The molecule has 1 N–H and O–H groups in total. The van der Waals surface area contributed by atoms with Crippen LogP contribution in [-0.4, -0.2) is 37.8 Å². The van der Waals surface area contributed by atoms with E-state index in [0.717, 1.165) is 55.4 Å². The van der Waals surface area contributed by atoms with E-state index in [2.05, 4.69) is 43.5 Å². The minimum atomic E-state index is -2.84. The molecule has 178 valence electrons. The third-order valence-corrected chi connectivity index (χ3v) is 6.03. The van der Waals surface area contributed by atoms with Crippen molar-refractivity contribution in [2.24, 2.45) is 7.05 Å². The largest absolute Gasteiger partial charge is 0.435 e. The van der Waals surface area contributed by atoms with Crippen molar-refractivity contribution in [1.29, 1.82) is 0 Å². The molecule has 2 aromatic heterocycles. The monoisotopic (exact) mass is 468 g/mol. The lowest BCUT2D eigenvalue weighted by Gasteiger charge is -2.23. The maximum Gasteiger partial charge on any atom is 0.387 e. The number of aromatic nitrogens is 5. The van der Waals surface area contributed by atoms with Crippen molar-refractivity contribution in [3.63, 3.8) is 0 Å². The van der Waals surface area contributed by atoms with Crippen LogP contribution in [0.5, 0.6) is 5.75 Å². The van der Waals surface area contributed by atoms with Gasteiger partial charge < -0.3 is 19.4 Å². The fourth-order valence-corrected chi connectivity index (χ4v) is 4.20. The van der Waals surface area contributed by atoms with Crippen molar-refractivity contribution in [2.45, 2.75) is 44.9 Å². The molecule has 1 atom stereocenters. The summed E-state index contributed by atoms with van der Waals surface area (Å²) in [6, 6.07) is 12.7. The minimum Gasteiger partial charge on any atom is -0.435 e. The molecule has 0 amide bonds. The summed E-state index contributed by atoms with van der Waals surface area (Å²) in [5.74, 6) is 1.52. The summed E-state index contributed by atoms with van der Waals surface area (Å²) in [4.78, 5) is 0. The molecule has 10 heteroatoms. The molecule has 1 unspecified atom stereocenters. The van der Waals surface area contributed by atoms with Crippen molar-refractivity contribution in [3.05, 3.63) is 60.0 Å². The van der Waals surface area contributed by atoms with Gasteiger partial charge in [0.2, 0.25) is 5.95 Å². The van der Waals surface area contributed by atoms with Crippen molar-refractivity contribution < 1.29 is 18.3 Å². The zero-order valence-corrected chi connectivity index (χ0v) is 18.8. The van der Waals surface area contributed by atoms with Crippen LogP contribution >= 0.6 is 0 Å². The fraction of sp³-hybridized carbons (Fsp3) is 0.375. The SMILES string of the molecule is Cn1c(CCc2ccc3c(cnn3C3CCCCO3)c2)nnc1Nc1ccc(OC(F)F)cc1. The van der Waals surface area contributed by atoms with Crippen LogP contribution in [-0.2, 0) is 24.6 Å². The quantitative estimate of drug-likeness (QED) is 0.392. The van der Waals surface area contributed by atoms with Gasteiger partial charge >= 0.3 is 6.61 Å². The first-order chi connectivity index (χ1) is 16.6. The Morgan fingerprint density at radius 2 is 1.97 bits per heavy atom. The van der Waals surface area contributed by atoms with Crippen LogP contribution in [0.3, 0.4) is 0 Å². The van der Waals surface area contributed by atoms with Gasteiger partial charge in [0.05, 0.1) is 11.7 Å². The first kappa shape index (κ1) is 22.3. The van der Waals surface area contributed by atoms with Crippen LogP contribution in [0.4, 0.5) is 20.4 Å². The Bertz CT molecular complexity index is 1250. The zero-order valence-electron chi connectivity index (χ0n) is 18.8. The predicted molar refractivity (Wildman–Crippen MR) is 123 cm³/mol. The fourth-order valence-electron chi connectivity index (χ4n) is 4.20. The molecule has 4 aromatic rings. The zero-order chi connectivity index (χ0) is 23.5. The van der Waals surface area contributed by atoms with Crippen molar-refractivity contribution in [1.82, 2.24) is 24.5 Å². The minimum absolute atomic E-state index is 0.0229. The van der Waals surface area contributed by atoms with Crippen molar-refractivity contribution >= 4 is 22.5 Å². The van der Waals surface area contributed by atoms with E-state index in [-0.39, 0.29) is 12.0 Å². The average Bonchev–Trinajstić information content (AvgIpc) is 3.42. The van der Waals surface area contributed by atoms with E-state index in [1.165, 1.54) is 17.7 Å². The summed E-state index contributed by atoms with van der Waals surface area (Å²) in [6.07, 6.45) is 6.73. The Morgan fingerprint density at radius 3 is 2.74 bits per heavy atom.